The second-order valence-electron chi connectivity index (χ2n) is 8.16. The molecule has 1 aromatic carbocycles. The highest BCUT2D eigenvalue weighted by molar-refractivity contribution is 7.09. The van der Waals surface area contributed by atoms with Crippen LogP contribution in [0.3, 0.4) is 0 Å². The number of amides is 1. The van der Waals surface area contributed by atoms with Crippen molar-refractivity contribution in [3.8, 4) is 5.75 Å². The summed E-state index contributed by atoms with van der Waals surface area (Å²) in [5.41, 5.74) is 1.08. The van der Waals surface area contributed by atoms with Gasteiger partial charge in [-0.1, -0.05) is 12.1 Å². The molecule has 0 unspecified atom stereocenters. The number of anilines is 1. The van der Waals surface area contributed by atoms with Crippen molar-refractivity contribution in [2.75, 3.05) is 58.5 Å². The molecule has 10 heteroatoms. The average molecular weight is 491 g/mol. The van der Waals surface area contributed by atoms with Crippen LogP contribution < -0.4 is 9.64 Å². The van der Waals surface area contributed by atoms with Crippen molar-refractivity contribution in [2.45, 2.75) is 32.6 Å². The summed E-state index contributed by atoms with van der Waals surface area (Å²) >= 11 is 1.33. The Hall–Kier alpha value is -2.72. The van der Waals surface area contributed by atoms with Crippen LogP contribution in [-0.4, -0.2) is 79.7 Å². The Morgan fingerprint density at radius 1 is 1.21 bits per heavy atom. The lowest BCUT2D eigenvalue weighted by molar-refractivity contribution is -0.151. The third-order valence-corrected chi connectivity index (χ3v) is 6.67. The summed E-state index contributed by atoms with van der Waals surface area (Å²) in [5, 5.41) is 0.781. The molecule has 0 atom stereocenters. The number of carbonyl (C=O) groups excluding carboxylic acids is 2. The predicted molar refractivity (Wildman–Crippen MR) is 130 cm³/mol. The highest BCUT2D eigenvalue weighted by Gasteiger charge is 2.28. The molecule has 0 spiro atoms. The van der Waals surface area contributed by atoms with Crippen molar-refractivity contribution < 1.29 is 23.8 Å². The molecule has 2 heterocycles. The summed E-state index contributed by atoms with van der Waals surface area (Å²) in [6.07, 6.45) is 2.29. The number of esters is 1. The molecule has 1 amide bonds. The van der Waals surface area contributed by atoms with Gasteiger partial charge in [0.2, 0.25) is 11.0 Å². The van der Waals surface area contributed by atoms with Gasteiger partial charge < -0.3 is 24.0 Å². The molecule has 1 aromatic heterocycles. The number of methoxy groups -OCH3 is 2. The van der Waals surface area contributed by atoms with Crippen LogP contribution in [0.5, 0.6) is 5.75 Å². The molecule has 1 fully saturated rings. The summed E-state index contributed by atoms with van der Waals surface area (Å²) in [6, 6.07) is 7.86. The Balaban J connectivity index is 1.55. The fourth-order valence-electron chi connectivity index (χ4n) is 3.93. The molecule has 1 aliphatic heterocycles. The number of piperidine rings is 1. The van der Waals surface area contributed by atoms with E-state index in [4.69, 9.17) is 19.2 Å². The fraction of sp³-hybridized carbons (Fsp3) is 0.583. The molecule has 0 N–H and O–H groups in total. The van der Waals surface area contributed by atoms with Crippen LogP contribution in [0.4, 0.5) is 5.13 Å². The lowest BCUT2D eigenvalue weighted by Gasteiger charge is -2.31. The SMILES string of the molecule is CCOC(=O)C1CCN(C(=O)CCN(CCOC)c2nc(Cc3cccc(OC)c3)ns2)CC1. The Kier molecular flexibility index (Phi) is 10.1. The van der Waals surface area contributed by atoms with E-state index >= 15 is 0 Å². The van der Waals surface area contributed by atoms with E-state index in [2.05, 4.69) is 9.27 Å². The van der Waals surface area contributed by atoms with E-state index in [1.54, 1.807) is 14.2 Å². The average Bonchev–Trinajstić information content (AvgIpc) is 3.32. The number of aromatic nitrogens is 2. The van der Waals surface area contributed by atoms with Crippen molar-refractivity contribution in [3.05, 3.63) is 35.7 Å². The molecule has 9 nitrogen and oxygen atoms in total. The Bertz CT molecular complexity index is 930. The molecule has 3 rings (SSSR count). The lowest BCUT2D eigenvalue weighted by Crippen LogP contribution is -2.42. The van der Waals surface area contributed by atoms with Crippen LogP contribution >= 0.6 is 11.5 Å². The van der Waals surface area contributed by atoms with E-state index in [0.717, 1.165) is 22.3 Å². The normalized spacial score (nSPS) is 14.1. The van der Waals surface area contributed by atoms with Crippen LogP contribution in [0, 0.1) is 5.92 Å². The highest BCUT2D eigenvalue weighted by Crippen LogP contribution is 2.22. The molecular formula is C24H34N4O5S. The molecule has 186 valence electrons. The van der Waals surface area contributed by atoms with E-state index in [1.165, 1.54) is 11.5 Å². The van der Waals surface area contributed by atoms with Gasteiger partial charge in [0.15, 0.2) is 0 Å². The molecular weight excluding hydrogens is 456 g/mol. The number of rotatable bonds is 12. The highest BCUT2D eigenvalue weighted by atomic mass is 32.1. The van der Waals surface area contributed by atoms with Crippen LogP contribution in [0.15, 0.2) is 24.3 Å². The van der Waals surface area contributed by atoms with Gasteiger partial charge in [-0.2, -0.15) is 4.37 Å². The zero-order valence-electron chi connectivity index (χ0n) is 20.2. The molecule has 1 aliphatic rings. The fourth-order valence-corrected chi connectivity index (χ4v) is 4.66. The zero-order valence-corrected chi connectivity index (χ0v) is 21.0. The number of likely N-dealkylation sites (tertiary alicyclic amines) is 1. The summed E-state index contributed by atoms with van der Waals surface area (Å²) in [5.74, 6) is 1.38. The molecule has 0 aliphatic carbocycles. The van der Waals surface area contributed by atoms with Gasteiger partial charge in [-0.25, -0.2) is 4.98 Å². The van der Waals surface area contributed by atoms with Gasteiger partial charge in [0.05, 0.1) is 26.2 Å². The maximum absolute atomic E-state index is 12.8. The monoisotopic (exact) mass is 490 g/mol. The maximum Gasteiger partial charge on any atom is 0.309 e. The first-order valence-electron chi connectivity index (χ1n) is 11.7. The number of hydrogen-bond donors (Lipinski definition) is 0. The van der Waals surface area contributed by atoms with Gasteiger partial charge in [0.1, 0.15) is 11.6 Å². The summed E-state index contributed by atoms with van der Waals surface area (Å²) < 4.78 is 20.2. The van der Waals surface area contributed by atoms with Crippen molar-refractivity contribution in [1.82, 2.24) is 14.3 Å². The van der Waals surface area contributed by atoms with Gasteiger partial charge >= 0.3 is 5.97 Å². The summed E-state index contributed by atoms with van der Waals surface area (Å²) in [4.78, 5) is 33.4. The quantitative estimate of drug-likeness (QED) is 0.419. The largest absolute Gasteiger partial charge is 0.497 e. The van der Waals surface area contributed by atoms with E-state index in [-0.39, 0.29) is 17.8 Å². The first-order chi connectivity index (χ1) is 16.5. The molecule has 0 saturated carbocycles. The van der Waals surface area contributed by atoms with Crippen molar-refractivity contribution in [2.24, 2.45) is 5.92 Å². The maximum atomic E-state index is 12.8. The first kappa shape index (κ1) is 25.9. The van der Waals surface area contributed by atoms with E-state index < -0.39 is 0 Å². The van der Waals surface area contributed by atoms with Gasteiger partial charge in [-0.3, -0.25) is 9.59 Å². The molecule has 0 bridgehead atoms. The molecule has 0 radical (unpaired) electrons. The van der Waals surface area contributed by atoms with Crippen LogP contribution in [-0.2, 0) is 25.5 Å². The Morgan fingerprint density at radius 2 is 2.00 bits per heavy atom. The lowest BCUT2D eigenvalue weighted by atomic mass is 9.97. The minimum Gasteiger partial charge on any atom is -0.497 e. The van der Waals surface area contributed by atoms with Crippen LogP contribution in [0.25, 0.3) is 0 Å². The summed E-state index contributed by atoms with van der Waals surface area (Å²) in [6.45, 7) is 5.07. The van der Waals surface area contributed by atoms with Crippen molar-refractivity contribution >= 4 is 28.5 Å². The number of ether oxygens (including phenoxy) is 3. The number of benzene rings is 1. The third kappa shape index (κ3) is 7.39. The van der Waals surface area contributed by atoms with Crippen LogP contribution in [0.2, 0.25) is 0 Å². The molecule has 2 aromatic rings. The second kappa shape index (κ2) is 13.2. The smallest absolute Gasteiger partial charge is 0.309 e. The standard InChI is InChI=1S/C24H34N4O5S/c1-4-33-23(30)19-8-11-27(12-9-19)22(29)10-13-28(14-15-31-2)24-25-21(26-34-24)17-18-6-5-7-20(16-18)32-3/h5-7,16,19H,4,8-15,17H2,1-3H3. The molecule has 1 saturated heterocycles. The van der Waals surface area contributed by atoms with Crippen LogP contribution in [0.1, 0.15) is 37.6 Å². The van der Waals surface area contributed by atoms with Gasteiger partial charge in [-0.05, 0) is 37.5 Å². The minimum atomic E-state index is -0.152. The van der Waals surface area contributed by atoms with E-state index in [1.807, 2.05) is 36.1 Å². The van der Waals surface area contributed by atoms with Gasteiger partial charge in [-0.15, -0.1) is 0 Å². The second-order valence-corrected chi connectivity index (χ2v) is 8.89. The number of nitrogens with zero attached hydrogens (tertiary/aromatic N) is 4. The number of carbonyl (C=O) groups is 2. The van der Waals surface area contributed by atoms with Gasteiger partial charge in [0, 0.05) is 57.7 Å². The zero-order chi connectivity index (χ0) is 24.3. The summed E-state index contributed by atoms with van der Waals surface area (Å²) in [7, 11) is 3.31. The Labute approximate surface area is 205 Å². The predicted octanol–water partition coefficient (Wildman–Crippen LogP) is 2.78. The van der Waals surface area contributed by atoms with E-state index in [0.29, 0.717) is 65.1 Å². The minimum absolute atomic E-state index is 0.0887. The van der Waals surface area contributed by atoms with Gasteiger partial charge in [0.25, 0.3) is 0 Å². The Morgan fingerprint density at radius 3 is 2.71 bits per heavy atom. The number of hydrogen-bond acceptors (Lipinski definition) is 9. The first-order valence-corrected chi connectivity index (χ1v) is 12.4. The van der Waals surface area contributed by atoms with Crippen molar-refractivity contribution in [1.29, 1.82) is 0 Å². The third-order valence-electron chi connectivity index (χ3n) is 5.85. The van der Waals surface area contributed by atoms with E-state index in [9.17, 15) is 9.59 Å². The van der Waals surface area contributed by atoms with Crippen molar-refractivity contribution in [3.63, 3.8) is 0 Å². The topological polar surface area (TPSA) is 94.1 Å². The molecule has 34 heavy (non-hydrogen) atoms.